The fourth-order valence-corrected chi connectivity index (χ4v) is 1.60. The van der Waals surface area contributed by atoms with Gasteiger partial charge in [-0.05, 0) is 24.6 Å². The van der Waals surface area contributed by atoms with Crippen LogP contribution >= 0.6 is 0 Å². The largest absolute Gasteiger partial charge is 0.370 e. The van der Waals surface area contributed by atoms with Crippen molar-refractivity contribution in [3.05, 3.63) is 52.8 Å². The fourth-order valence-electron chi connectivity index (χ4n) is 1.60. The van der Waals surface area contributed by atoms with Gasteiger partial charge in [-0.2, -0.15) is 0 Å². The molecule has 2 heterocycles. The maximum atomic E-state index is 11.5. The van der Waals surface area contributed by atoms with E-state index in [-0.39, 0.29) is 5.69 Å². The molecule has 0 unspecified atom stereocenters. The van der Waals surface area contributed by atoms with E-state index in [1.807, 2.05) is 18.2 Å². The molecule has 94 valence electrons. The minimum Gasteiger partial charge on any atom is -0.370 e. The zero-order valence-electron chi connectivity index (χ0n) is 10.3. The van der Waals surface area contributed by atoms with E-state index in [1.165, 1.54) is 10.8 Å². The molecule has 0 bridgehead atoms. The molecule has 5 heteroatoms. The summed E-state index contributed by atoms with van der Waals surface area (Å²) in [6.45, 7) is 3.43. The molecule has 0 fully saturated rings. The number of nitrogens with zero attached hydrogens (tertiary/aromatic N) is 3. The van der Waals surface area contributed by atoms with Crippen molar-refractivity contribution >= 4 is 5.82 Å². The Hall–Kier alpha value is -2.17. The van der Waals surface area contributed by atoms with Crippen LogP contribution in [0.2, 0.25) is 0 Å². The molecule has 5 nitrogen and oxygen atoms in total. The van der Waals surface area contributed by atoms with Crippen LogP contribution in [-0.4, -0.2) is 21.1 Å². The Morgan fingerprint density at radius 1 is 1.33 bits per heavy atom. The molecular weight excluding hydrogens is 228 g/mol. The number of rotatable bonds is 5. The smallest absolute Gasteiger partial charge is 0.347 e. The summed E-state index contributed by atoms with van der Waals surface area (Å²) in [7, 11) is 0. The molecule has 0 aliphatic rings. The van der Waals surface area contributed by atoms with E-state index < -0.39 is 0 Å². The predicted octanol–water partition coefficient (Wildman–Crippen LogP) is 1.51. The van der Waals surface area contributed by atoms with Crippen molar-refractivity contribution in [1.82, 2.24) is 14.5 Å². The van der Waals surface area contributed by atoms with E-state index >= 15 is 0 Å². The van der Waals surface area contributed by atoms with E-state index in [9.17, 15) is 4.79 Å². The molecule has 1 N–H and O–H groups in total. The van der Waals surface area contributed by atoms with E-state index in [0.717, 1.165) is 24.5 Å². The third-order valence-corrected chi connectivity index (χ3v) is 2.48. The van der Waals surface area contributed by atoms with E-state index in [0.29, 0.717) is 6.54 Å². The molecule has 2 aromatic heterocycles. The summed E-state index contributed by atoms with van der Waals surface area (Å²) >= 11 is 0. The zero-order chi connectivity index (χ0) is 12.8. The lowest BCUT2D eigenvalue weighted by Crippen LogP contribution is -2.22. The van der Waals surface area contributed by atoms with Crippen molar-refractivity contribution in [3.8, 4) is 0 Å². The molecule has 0 saturated carbocycles. The fraction of sp³-hybridized carbons (Fsp3) is 0.308. The van der Waals surface area contributed by atoms with Gasteiger partial charge in [0.2, 0.25) is 0 Å². The van der Waals surface area contributed by atoms with E-state index in [2.05, 4.69) is 22.2 Å². The number of hydrogen-bond acceptors (Lipinski definition) is 4. The van der Waals surface area contributed by atoms with Crippen LogP contribution in [0.3, 0.4) is 0 Å². The first-order valence-electron chi connectivity index (χ1n) is 6.01. The van der Waals surface area contributed by atoms with Gasteiger partial charge in [-0.3, -0.25) is 4.57 Å². The maximum Gasteiger partial charge on any atom is 0.347 e. The average molecular weight is 244 g/mol. The average Bonchev–Trinajstić information content (AvgIpc) is 2.40. The topological polar surface area (TPSA) is 59.8 Å². The standard InChI is InChI=1S/C13H16N4O/c1-2-7-14-12-6-3-5-11(16-12)10-17-9-4-8-15-13(17)18/h3-6,8-9H,2,7,10H2,1H3,(H,14,16). The number of hydrogen-bond donors (Lipinski definition) is 1. The maximum absolute atomic E-state index is 11.5. The van der Waals surface area contributed by atoms with E-state index in [4.69, 9.17) is 0 Å². The monoisotopic (exact) mass is 244 g/mol. The molecule has 0 spiro atoms. The highest BCUT2D eigenvalue weighted by Gasteiger charge is 2.00. The quantitative estimate of drug-likeness (QED) is 0.866. The number of anilines is 1. The van der Waals surface area contributed by atoms with Crippen molar-refractivity contribution in [2.24, 2.45) is 0 Å². The Morgan fingerprint density at radius 3 is 3.00 bits per heavy atom. The SMILES string of the molecule is CCCNc1cccc(Cn2cccnc2=O)n1. The number of aromatic nitrogens is 3. The van der Waals surface area contributed by atoms with Crippen LogP contribution in [-0.2, 0) is 6.54 Å². The Kier molecular flexibility index (Phi) is 4.06. The highest BCUT2D eigenvalue weighted by atomic mass is 16.1. The summed E-state index contributed by atoms with van der Waals surface area (Å²) in [4.78, 5) is 19.6. The summed E-state index contributed by atoms with van der Waals surface area (Å²) in [5, 5.41) is 3.22. The van der Waals surface area contributed by atoms with Gasteiger partial charge in [-0.1, -0.05) is 13.0 Å². The van der Waals surface area contributed by atoms with Crippen molar-refractivity contribution in [2.45, 2.75) is 19.9 Å². The normalized spacial score (nSPS) is 10.3. The van der Waals surface area contributed by atoms with Crippen LogP contribution in [0, 0.1) is 0 Å². The number of pyridine rings is 1. The molecule has 0 aliphatic heterocycles. The Bertz CT molecular complexity index is 565. The molecule has 2 aromatic rings. The van der Waals surface area contributed by atoms with Gasteiger partial charge in [-0.15, -0.1) is 0 Å². The summed E-state index contributed by atoms with van der Waals surface area (Å²) < 4.78 is 1.53. The molecule has 0 aromatic carbocycles. The molecule has 2 rings (SSSR count). The lowest BCUT2D eigenvalue weighted by Gasteiger charge is -2.07. The second-order valence-electron chi connectivity index (χ2n) is 3.97. The lowest BCUT2D eigenvalue weighted by molar-refractivity contribution is 0.711. The summed E-state index contributed by atoms with van der Waals surface area (Å²) in [6.07, 6.45) is 4.25. The first-order chi connectivity index (χ1) is 8.79. The third-order valence-electron chi connectivity index (χ3n) is 2.48. The molecule has 0 atom stereocenters. The van der Waals surface area contributed by atoms with Crippen LogP contribution in [0.5, 0.6) is 0 Å². The van der Waals surface area contributed by atoms with Gasteiger partial charge in [0, 0.05) is 18.9 Å². The first-order valence-corrected chi connectivity index (χ1v) is 6.01. The second kappa shape index (κ2) is 5.95. The summed E-state index contributed by atoms with van der Waals surface area (Å²) in [5.74, 6) is 0.839. The van der Waals surface area contributed by atoms with Gasteiger partial charge in [0.1, 0.15) is 5.82 Å². The highest BCUT2D eigenvalue weighted by Crippen LogP contribution is 2.05. The van der Waals surface area contributed by atoms with Gasteiger partial charge in [0.25, 0.3) is 0 Å². The zero-order valence-corrected chi connectivity index (χ0v) is 10.3. The molecule has 18 heavy (non-hydrogen) atoms. The Labute approximate surface area is 106 Å². The van der Waals surface area contributed by atoms with Crippen molar-refractivity contribution in [1.29, 1.82) is 0 Å². The van der Waals surface area contributed by atoms with Gasteiger partial charge >= 0.3 is 5.69 Å². The third kappa shape index (κ3) is 3.16. The van der Waals surface area contributed by atoms with Crippen LogP contribution in [0.15, 0.2) is 41.5 Å². The number of nitrogens with one attached hydrogen (secondary N) is 1. The Morgan fingerprint density at radius 2 is 2.22 bits per heavy atom. The lowest BCUT2D eigenvalue weighted by atomic mass is 10.3. The molecule has 0 saturated heterocycles. The van der Waals surface area contributed by atoms with Crippen molar-refractivity contribution in [2.75, 3.05) is 11.9 Å². The highest BCUT2D eigenvalue weighted by molar-refractivity contribution is 5.35. The van der Waals surface area contributed by atoms with Crippen molar-refractivity contribution in [3.63, 3.8) is 0 Å². The Balaban J connectivity index is 2.14. The molecular formula is C13H16N4O. The second-order valence-corrected chi connectivity index (χ2v) is 3.97. The minimum atomic E-state index is -0.258. The minimum absolute atomic E-state index is 0.258. The van der Waals surface area contributed by atoms with Gasteiger partial charge < -0.3 is 5.32 Å². The van der Waals surface area contributed by atoms with Gasteiger partial charge in [0.15, 0.2) is 0 Å². The molecule has 0 aliphatic carbocycles. The predicted molar refractivity (Wildman–Crippen MR) is 70.6 cm³/mol. The van der Waals surface area contributed by atoms with Crippen LogP contribution < -0.4 is 11.0 Å². The molecule has 0 radical (unpaired) electrons. The van der Waals surface area contributed by atoms with E-state index in [1.54, 1.807) is 12.3 Å². The van der Waals surface area contributed by atoms with Crippen molar-refractivity contribution < 1.29 is 0 Å². The van der Waals surface area contributed by atoms with Crippen LogP contribution in [0.25, 0.3) is 0 Å². The van der Waals surface area contributed by atoms with Gasteiger partial charge in [-0.25, -0.2) is 14.8 Å². The summed E-state index contributed by atoms with van der Waals surface area (Å²) in [6, 6.07) is 7.49. The summed E-state index contributed by atoms with van der Waals surface area (Å²) in [5.41, 5.74) is 0.581. The van der Waals surface area contributed by atoms with Crippen LogP contribution in [0.4, 0.5) is 5.82 Å². The first kappa shape index (κ1) is 12.3. The molecule has 0 amide bonds. The van der Waals surface area contributed by atoms with Crippen LogP contribution in [0.1, 0.15) is 19.0 Å². The van der Waals surface area contributed by atoms with Gasteiger partial charge in [0.05, 0.1) is 12.2 Å².